The van der Waals surface area contributed by atoms with Gasteiger partial charge in [-0.15, -0.1) is 0 Å². The monoisotopic (exact) mass is 543 g/mol. The van der Waals surface area contributed by atoms with E-state index in [2.05, 4.69) is 10.0 Å². The van der Waals surface area contributed by atoms with Crippen LogP contribution >= 0.6 is 0 Å². The zero-order valence-electron chi connectivity index (χ0n) is 21.4. The van der Waals surface area contributed by atoms with E-state index < -0.39 is 46.6 Å². The summed E-state index contributed by atoms with van der Waals surface area (Å²) in [4.78, 5) is 13.7. The molecule has 38 heavy (non-hydrogen) atoms. The number of carbonyl (C=O) groups is 1. The minimum atomic E-state index is -4.03. The van der Waals surface area contributed by atoms with E-state index in [1.165, 1.54) is 13.0 Å². The van der Waals surface area contributed by atoms with Gasteiger partial charge >= 0.3 is 0 Å². The molecule has 10 nitrogen and oxygen atoms in total. The molecule has 3 aromatic rings. The molecule has 1 amide bonds. The third-order valence-electron chi connectivity index (χ3n) is 6.43. The van der Waals surface area contributed by atoms with Gasteiger partial charge in [0.25, 0.3) is 0 Å². The van der Waals surface area contributed by atoms with Crippen molar-refractivity contribution in [2.45, 2.75) is 49.1 Å². The number of sulfonamides is 1. The maximum Gasteiger partial charge on any atom is 0.241 e. The second-order valence-corrected chi connectivity index (χ2v) is 11.2. The maximum atomic E-state index is 13.3. The first-order valence-electron chi connectivity index (χ1n) is 12.2. The molecule has 0 aromatic heterocycles. The van der Waals surface area contributed by atoms with Gasteiger partial charge < -0.3 is 29.9 Å². The Morgan fingerprint density at radius 1 is 0.974 bits per heavy atom. The van der Waals surface area contributed by atoms with Crippen molar-refractivity contribution >= 4 is 32.4 Å². The van der Waals surface area contributed by atoms with Crippen LogP contribution in [0.2, 0.25) is 0 Å². The molecule has 1 aliphatic rings. The van der Waals surface area contributed by atoms with Gasteiger partial charge in [0.15, 0.2) is 6.29 Å². The lowest BCUT2D eigenvalue weighted by molar-refractivity contribution is -0.266. The molecule has 0 saturated carbocycles. The van der Waals surface area contributed by atoms with Crippen molar-refractivity contribution < 1.29 is 32.9 Å². The molecule has 1 heterocycles. The highest BCUT2D eigenvalue weighted by Gasteiger charge is 2.45. The van der Waals surface area contributed by atoms with Crippen molar-refractivity contribution in [2.24, 2.45) is 0 Å². The summed E-state index contributed by atoms with van der Waals surface area (Å²) in [6, 6.07) is 18.6. The van der Waals surface area contributed by atoms with E-state index in [0.29, 0.717) is 5.39 Å². The predicted octanol–water partition coefficient (Wildman–Crippen LogP) is 1.35. The number of rotatable bonds is 9. The van der Waals surface area contributed by atoms with E-state index >= 15 is 0 Å². The molecule has 1 saturated heterocycles. The molecule has 0 unspecified atom stereocenters. The first-order chi connectivity index (χ1) is 18.1. The summed E-state index contributed by atoms with van der Waals surface area (Å²) in [6.45, 7) is 1.06. The number of anilines is 1. The Morgan fingerprint density at radius 3 is 2.34 bits per heavy atom. The van der Waals surface area contributed by atoms with E-state index in [4.69, 9.17) is 9.47 Å². The third kappa shape index (κ3) is 6.15. The van der Waals surface area contributed by atoms with E-state index in [0.717, 1.165) is 16.6 Å². The van der Waals surface area contributed by atoms with Gasteiger partial charge in [0.2, 0.25) is 15.9 Å². The Labute approximate surface area is 222 Å². The first kappa shape index (κ1) is 28.0. The summed E-state index contributed by atoms with van der Waals surface area (Å²) in [6.07, 6.45) is -5.22. The molecule has 204 valence electrons. The molecular formula is C27H33N3O7S. The highest BCUT2D eigenvalue weighted by molar-refractivity contribution is 7.89. The van der Waals surface area contributed by atoms with E-state index in [9.17, 15) is 23.4 Å². The molecule has 5 atom stereocenters. The van der Waals surface area contributed by atoms with Gasteiger partial charge in [-0.05, 0) is 17.7 Å². The number of fused-ring (bicyclic) bond motifs is 1. The number of nitrogens with one attached hydrogen (secondary N) is 2. The zero-order valence-corrected chi connectivity index (χ0v) is 22.3. The number of amides is 1. The highest BCUT2D eigenvalue weighted by atomic mass is 32.2. The third-order valence-corrected chi connectivity index (χ3v) is 7.91. The Morgan fingerprint density at radius 2 is 1.66 bits per heavy atom. The largest absolute Gasteiger partial charge is 0.388 e. The summed E-state index contributed by atoms with van der Waals surface area (Å²) >= 11 is 0. The summed E-state index contributed by atoms with van der Waals surface area (Å²) in [5.74, 6) is -0.439. The van der Waals surface area contributed by atoms with Gasteiger partial charge in [-0.3, -0.25) is 4.79 Å². The average Bonchev–Trinajstić information content (AvgIpc) is 2.89. The van der Waals surface area contributed by atoms with Crippen molar-refractivity contribution in [1.29, 1.82) is 0 Å². The molecule has 0 spiro atoms. The zero-order chi connectivity index (χ0) is 27.4. The topological polar surface area (TPSA) is 137 Å². The molecule has 0 aliphatic carbocycles. The number of aliphatic hydroxyl groups is 2. The van der Waals surface area contributed by atoms with Crippen LogP contribution in [0, 0.1) is 0 Å². The molecule has 0 radical (unpaired) electrons. The molecule has 11 heteroatoms. The van der Waals surface area contributed by atoms with Gasteiger partial charge in [-0.1, -0.05) is 54.6 Å². The second-order valence-electron chi connectivity index (χ2n) is 9.42. The lowest BCUT2D eigenvalue weighted by Gasteiger charge is -2.42. The molecule has 1 fully saturated rings. The van der Waals surface area contributed by atoms with Gasteiger partial charge in [0, 0.05) is 44.0 Å². The number of hydrogen-bond donors (Lipinski definition) is 4. The quantitative estimate of drug-likeness (QED) is 0.318. The van der Waals surface area contributed by atoms with Crippen LogP contribution in [0.5, 0.6) is 0 Å². The minimum absolute atomic E-state index is 0.0811. The van der Waals surface area contributed by atoms with Crippen LogP contribution in [-0.2, 0) is 30.9 Å². The second kappa shape index (κ2) is 11.8. The van der Waals surface area contributed by atoms with E-state index in [1.807, 2.05) is 61.5 Å². The lowest BCUT2D eigenvalue weighted by atomic mass is 9.96. The maximum absolute atomic E-state index is 13.3. The molecule has 4 rings (SSSR count). The fourth-order valence-electron chi connectivity index (χ4n) is 4.54. The summed E-state index contributed by atoms with van der Waals surface area (Å²) in [5.41, 5.74) is 1.71. The standard InChI is InChI=1S/C27H33N3O7S/c1-17(31)29-24-26(33)25(32)22(37-27(24)36-16-18-9-5-4-6-10-18)15-28-38(34,35)23-14-8-11-19-20(23)12-7-13-21(19)30(2)3/h4-14,22,24-28,32-33H,15-16H2,1-3H3,(H,29,31)/t22-,24-,25-,26-,27+/m1/s1. The van der Waals surface area contributed by atoms with Crippen LogP contribution in [-0.4, -0.2) is 75.8 Å². The molecule has 4 N–H and O–H groups in total. The van der Waals surface area contributed by atoms with E-state index in [-0.39, 0.29) is 18.0 Å². The normalized spacial score (nSPS) is 23.8. The fraction of sp³-hybridized carbons (Fsp3) is 0.370. The number of aliphatic hydroxyl groups excluding tert-OH is 2. The molecular weight excluding hydrogens is 510 g/mol. The number of ether oxygens (including phenoxy) is 2. The van der Waals surface area contributed by atoms with E-state index in [1.54, 1.807) is 18.2 Å². The lowest BCUT2D eigenvalue weighted by Crippen LogP contribution is -2.65. The summed E-state index contributed by atoms with van der Waals surface area (Å²) < 4.78 is 40.9. The number of hydrogen-bond acceptors (Lipinski definition) is 8. The van der Waals surface area contributed by atoms with Crippen molar-refractivity contribution in [3.63, 3.8) is 0 Å². The number of carbonyl (C=O) groups excluding carboxylic acids is 1. The van der Waals surface area contributed by atoms with Crippen LogP contribution < -0.4 is 14.9 Å². The van der Waals surface area contributed by atoms with Crippen molar-refractivity contribution in [3.05, 3.63) is 72.3 Å². The van der Waals surface area contributed by atoms with Crippen molar-refractivity contribution in [1.82, 2.24) is 10.0 Å². The molecule has 3 aromatic carbocycles. The van der Waals surface area contributed by atoms with Gasteiger partial charge in [0.05, 0.1) is 11.5 Å². The van der Waals surface area contributed by atoms with Crippen LogP contribution in [0.15, 0.2) is 71.6 Å². The Kier molecular flexibility index (Phi) is 8.66. The van der Waals surface area contributed by atoms with Gasteiger partial charge in [-0.25, -0.2) is 13.1 Å². The predicted molar refractivity (Wildman–Crippen MR) is 143 cm³/mol. The molecule has 0 bridgehead atoms. The van der Waals surface area contributed by atoms with Crippen LogP contribution in [0.3, 0.4) is 0 Å². The summed E-state index contributed by atoms with van der Waals surface area (Å²) in [5, 5.41) is 25.4. The Bertz CT molecular complexity index is 1370. The first-order valence-corrected chi connectivity index (χ1v) is 13.7. The van der Waals surface area contributed by atoms with Crippen molar-refractivity contribution in [3.8, 4) is 0 Å². The van der Waals surface area contributed by atoms with Crippen LogP contribution in [0.1, 0.15) is 12.5 Å². The van der Waals surface area contributed by atoms with Gasteiger partial charge in [0.1, 0.15) is 24.4 Å². The summed E-state index contributed by atoms with van der Waals surface area (Å²) in [7, 11) is -0.265. The molecule has 1 aliphatic heterocycles. The highest BCUT2D eigenvalue weighted by Crippen LogP contribution is 2.30. The average molecular weight is 544 g/mol. The smallest absolute Gasteiger partial charge is 0.241 e. The van der Waals surface area contributed by atoms with Gasteiger partial charge in [-0.2, -0.15) is 0 Å². The Hall–Kier alpha value is -3.06. The minimum Gasteiger partial charge on any atom is -0.388 e. The van der Waals surface area contributed by atoms with Crippen LogP contribution in [0.4, 0.5) is 5.69 Å². The fourth-order valence-corrected chi connectivity index (χ4v) is 5.81. The Balaban J connectivity index is 1.53. The van der Waals surface area contributed by atoms with Crippen molar-refractivity contribution in [2.75, 3.05) is 25.5 Å². The number of nitrogens with zero attached hydrogens (tertiary/aromatic N) is 1. The number of benzene rings is 3. The van der Waals surface area contributed by atoms with Crippen LogP contribution in [0.25, 0.3) is 10.8 Å². The SMILES string of the molecule is CC(=O)N[C@H]1[C@@H](OCc2ccccc2)O[C@H](CNS(=O)(=O)c2cccc3c(N(C)C)cccc23)[C@@H](O)[C@@H]1O.